The van der Waals surface area contributed by atoms with Gasteiger partial charge >= 0.3 is 5.97 Å². The Morgan fingerprint density at radius 1 is 1.44 bits per heavy atom. The Labute approximate surface area is 108 Å². The third kappa shape index (κ3) is 2.74. The molecule has 0 radical (unpaired) electrons. The number of rotatable bonds is 3. The van der Waals surface area contributed by atoms with Crippen LogP contribution in [0.3, 0.4) is 0 Å². The zero-order valence-corrected chi connectivity index (χ0v) is 10.8. The maximum atomic E-state index is 10.6. The third-order valence-electron chi connectivity index (χ3n) is 2.69. The Hall–Kier alpha value is -0.620. The monoisotopic (exact) mass is 332 g/mol. The van der Waals surface area contributed by atoms with Gasteiger partial charge in [-0.3, -0.25) is 4.79 Å². The molecule has 2 rings (SSSR count). The summed E-state index contributed by atoms with van der Waals surface area (Å²) in [6.07, 6.45) is 0.797. The number of ether oxygens (including phenoxy) is 1. The molecule has 0 bridgehead atoms. The quantitative estimate of drug-likeness (QED) is 0.684. The van der Waals surface area contributed by atoms with E-state index in [4.69, 9.17) is 9.84 Å². The van der Waals surface area contributed by atoms with Gasteiger partial charge in [-0.25, -0.2) is 0 Å². The minimum atomic E-state index is -0.790. The average molecular weight is 332 g/mol. The molecule has 1 aliphatic rings. The number of hydrogen-bond donors (Lipinski definition) is 1. The van der Waals surface area contributed by atoms with Crippen LogP contribution in [0.5, 0.6) is 0 Å². The van der Waals surface area contributed by atoms with Crippen LogP contribution in [0.15, 0.2) is 30.3 Å². The first-order valence-electron chi connectivity index (χ1n) is 5.23. The minimum Gasteiger partial charge on any atom is -0.481 e. The van der Waals surface area contributed by atoms with Crippen LogP contribution in [-0.4, -0.2) is 21.1 Å². The molecule has 1 N–H and O–H groups in total. The first kappa shape index (κ1) is 11.9. The molecular formula is C12H13IO3. The van der Waals surface area contributed by atoms with Gasteiger partial charge < -0.3 is 9.84 Å². The average Bonchev–Trinajstić information content (AvgIpc) is 2.60. The second kappa shape index (κ2) is 5.14. The Kier molecular flexibility index (Phi) is 3.81. The summed E-state index contributed by atoms with van der Waals surface area (Å²) in [4.78, 5) is 10.6. The zero-order valence-electron chi connectivity index (χ0n) is 8.67. The largest absolute Gasteiger partial charge is 0.481 e. The van der Waals surface area contributed by atoms with E-state index in [1.165, 1.54) is 0 Å². The van der Waals surface area contributed by atoms with E-state index in [2.05, 4.69) is 22.6 Å². The maximum Gasteiger partial charge on any atom is 0.305 e. The predicted molar refractivity (Wildman–Crippen MR) is 68.7 cm³/mol. The fourth-order valence-electron chi connectivity index (χ4n) is 1.98. The van der Waals surface area contributed by atoms with Crippen molar-refractivity contribution < 1.29 is 14.6 Å². The van der Waals surface area contributed by atoms with E-state index in [0.717, 1.165) is 12.0 Å². The Morgan fingerprint density at radius 3 is 2.75 bits per heavy atom. The van der Waals surface area contributed by atoms with Gasteiger partial charge in [-0.05, 0) is 12.0 Å². The highest BCUT2D eigenvalue weighted by atomic mass is 127. The van der Waals surface area contributed by atoms with Crippen LogP contribution in [0, 0.1) is 0 Å². The number of hydrogen-bond acceptors (Lipinski definition) is 2. The Bertz CT molecular complexity index is 366. The van der Waals surface area contributed by atoms with Crippen molar-refractivity contribution in [1.29, 1.82) is 0 Å². The zero-order chi connectivity index (χ0) is 11.5. The number of halogens is 1. The van der Waals surface area contributed by atoms with E-state index in [1.807, 2.05) is 30.3 Å². The van der Waals surface area contributed by atoms with Crippen molar-refractivity contribution in [2.75, 3.05) is 0 Å². The first-order chi connectivity index (χ1) is 7.66. The molecule has 3 nitrogen and oxygen atoms in total. The Balaban J connectivity index is 2.05. The van der Waals surface area contributed by atoms with Crippen molar-refractivity contribution in [3.63, 3.8) is 0 Å². The standard InChI is InChI=1S/C12H13IO3/c13-10-6-9(7-11(14)15)16-12(10)8-4-2-1-3-5-8/h1-5,9-10,12H,6-7H2,(H,14,15)/t9-,10-,12+/m1/s1. The summed E-state index contributed by atoms with van der Waals surface area (Å²) in [5, 5.41) is 8.73. The van der Waals surface area contributed by atoms with Gasteiger partial charge in [-0.15, -0.1) is 0 Å². The first-order valence-corrected chi connectivity index (χ1v) is 6.47. The summed E-state index contributed by atoms with van der Waals surface area (Å²) < 4.78 is 6.13. The smallest absolute Gasteiger partial charge is 0.305 e. The summed E-state index contributed by atoms with van der Waals surface area (Å²) in [5.41, 5.74) is 1.13. The minimum absolute atomic E-state index is 0.0335. The molecule has 16 heavy (non-hydrogen) atoms. The van der Waals surface area contributed by atoms with E-state index >= 15 is 0 Å². The van der Waals surface area contributed by atoms with E-state index < -0.39 is 5.97 Å². The molecule has 1 fully saturated rings. The molecule has 1 aromatic rings. The molecule has 0 aliphatic carbocycles. The topological polar surface area (TPSA) is 46.5 Å². The summed E-state index contributed by atoms with van der Waals surface area (Å²) in [5.74, 6) is -0.790. The molecule has 0 amide bonds. The van der Waals surface area contributed by atoms with Crippen molar-refractivity contribution in [1.82, 2.24) is 0 Å². The van der Waals surface area contributed by atoms with Crippen LogP contribution in [-0.2, 0) is 9.53 Å². The van der Waals surface area contributed by atoms with Crippen molar-refractivity contribution in [3.8, 4) is 0 Å². The summed E-state index contributed by atoms with van der Waals surface area (Å²) in [7, 11) is 0. The fraction of sp³-hybridized carbons (Fsp3) is 0.417. The molecule has 1 saturated heterocycles. The van der Waals surface area contributed by atoms with Crippen molar-refractivity contribution >= 4 is 28.6 Å². The SMILES string of the molecule is O=C(O)C[C@H]1C[C@@H](I)[C@H](c2ccccc2)O1. The predicted octanol–water partition coefficient (Wildman–Crippen LogP) is 2.79. The van der Waals surface area contributed by atoms with Crippen LogP contribution >= 0.6 is 22.6 Å². The molecule has 0 unspecified atom stereocenters. The molecule has 1 aliphatic heterocycles. The van der Waals surface area contributed by atoms with E-state index in [0.29, 0.717) is 3.92 Å². The lowest BCUT2D eigenvalue weighted by atomic mass is 10.1. The highest BCUT2D eigenvalue weighted by Crippen LogP contribution is 2.38. The van der Waals surface area contributed by atoms with Gasteiger partial charge in [0.15, 0.2) is 0 Å². The van der Waals surface area contributed by atoms with Crippen LogP contribution in [0.2, 0.25) is 0 Å². The highest BCUT2D eigenvalue weighted by Gasteiger charge is 2.35. The van der Waals surface area contributed by atoms with Crippen LogP contribution in [0.1, 0.15) is 24.5 Å². The lowest BCUT2D eigenvalue weighted by Crippen LogP contribution is -2.12. The molecule has 1 heterocycles. The number of aliphatic carboxylic acids is 1. The van der Waals surface area contributed by atoms with Gasteiger partial charge in [0.25, 0.3) is 0 Å². The highest BCUT2D eigenvalue weighted by molar-refractivity contribution is 14.1. The van der Waals surface area contributed by atoms with Gasteiger partial charge in [0, 0.05) is 3.92 Å². The molecule has 0 spiro atoms. The van der Waals surface area contributed by atoms with Crippen molar-refractivity contribution in [3.05, 3.63) is 35.9 Å². The fourth-order valence-corrected chi connectivity index (χ4v) is 3.13. The third-order valence-corrected chi connectivity index (χ3v) is 3.85. The number of carboxylic acid groups (broad SMARTS) is 1. The lowest BCUT2D eigenvalue weighted by molar-refractivity contribution is -0.140. The number of alkyl halides is 1. The van der Waals surface area contributed by atoms with Gasteiger partial charge in [-0.2, -0.15) is 0 Å². The summed E-state index contributed by atoms with van der Waals surface area (Å²) >= 11 is 2.34. The molecule has 86 valence electrons. The number of carboxylic acids is 1. The molecule has 0 saturated carbocycles. The molecule has 1 aromatic carbocycles. The number of carbonyl (C=O) groups is 1. The van der Waals surface area contributed by atoms with Gasteiger partial charge in [0.05, 0.1) is 18.6 Å². The number of benzene rings is 1. The van der Waals surface area contributed by atoms with Crippen LogP contribution in [0.25, 0.3) is 0 Å². The van der Waals surface area contributed by atoms with Crippen LogP contribution < -0.4 is 0 Å². The second-order valence-corrected chi connectivity index (χ2v) is 5.54. The lowest BCUT2D eigenvalue weighted by Gasteiger charge is -2.14. The van der Waals surface area contributed by atoms with Gasteiger partial charge in [0.2, 0.25) is 0 Å². The second-order valence-electron chi connectivity index (χ2n) is 3.94. The molecule has 4 heteroatoms. The van der Waals surface area contributed by atoms with E-state index in [9.17, 15) is 4.79 Å². The maximum absolute atomic E-state index is 10.6. The van der Waals surface area contributed by atoms with Gasteiger partial charge in [0.1, 0.15) is 0 Å². The summed E-state index contributed by atoms with van der Waals surface area (Å²) in [6, 6.07) is 9.98. The summed E-state index contributed by atoms with van der Waals surface area (Å²) in [6.45, 7) is 0. The Morgan fingerprint density at radius 2 is 2.12 bits per heavy atom. The molecule has 3 atom stereocenters. The van der Waals surface area contributed by atoms with Gasteiger partial charge in [-0.1, -0.05) is 52.9 Å². The van der Waals surface area contributed by atoms with Crippen LogP contribution in [0.4, 0.5) is 0 Å². The van der Waals surface area contributed by atoms with Crippen molar-refractivity contribution in [2.45, 2.75) is 29.0 Å². The normalized spacial score (nSPS) is 29.2. The van der Waals surface area contributed by atoms with Crippen molar-refractivity contribution in [2.24, 2.45) is 0 Å². The van der Waals surface area contributed by atoms with E-state index in [1.54, 1.807) is 0 Å². The van der Waals surface area contributed by atoms with E-state index in [-0.39, 0.29) is 18.6 Å². The molecular weight excluding hydrogens is 319 g/mol. The molecule has 0 aromatic heterocycles.